The molecule has 1 rings (SSSR count). The fourth-order valence-corrected chi connectivity index (χ4v) is 1.75. The summed E-state index contributed by atoms with van der Waals surface area (Å²) in [5, 5.41) is 0. The summed E-state index contributed by atoms with van der Waals surface area (Å²) in [6.07, 6.45) is 5.23. The number of hydrogen-bond acceptors (Lipinski definition) is 1. The molecule has 0 aliphatic rings. The van der Waals surface area contributed by atoms with Gasteiger partial charge in [-0.2, -0.15) is 0 Å². The van der Waals surface area contributed by atoms with Crippen LogP contribution in [0, 0.1) is 6.92 Å². The van der Waals surface area contributed by atoms with Crippen LogP contribution in [0.1, 0.15) is 5.56 Å². The Hall–Kier alpha value is -0.730. The molecule has 1 atom stereocenters. The van der Waals surface area contributed by atoms with Crippen LogP contribution >= 0.6 is 0 Å². The van der Waals surface area contributed by atoms with Crippen molar-refractivity contribution in [3.63, 3.8) is 0 Å². The van der Waals surface area contributed by atoms with Crippen molar-refractivity contribution in [2.24, 2.45) is 0 Å². The van der Waals surface area contributed by atoms with Gasteiger partial charge in [-0.25, -0.2) is 0 Å². The molecule has 0 heterocycles. The number of rotatable bonds is 2. The molecule has 0 aliphatic heterocycles. The van der Waals surface area contributed by atoms with Crippen molar-refractivity contribution >= 4 is 17.3 Å². The van der Waals surface area contributed by atoms with Gasteiger partial charge in [0.1, 0.15) is 6.26 Å². The molecule has 1 aromatic rings. The van der Waals surface area contributed by atoms with Gasteiger partial charge in [-0.15, -0.1) is 0 Å². The summed E-state index contributed by atoms with van der Waals surface area (Å²) in [5.74, 6) is 0. The first-order chi connectivity index (χ1) is 5.75. The van der Waals surface area contributed by atoms with E-state index >= 15 is 0 Å². The first-order valence-corrected chi connectivity index (χ1v) is 5.19. The van der Waals surface area contributed by atoms with Crippen molar-refractivity contribution in [2.45, 2.75) is 4.90 Å². The van der Waals surface area contributed by atoms with Gasteiger partial charge in [0.05, 0.1) is 0 Å². The highest BCUT2D eigenvalue weighted by molar-refractivity contribution is 7.90. The first-order valence-electron chi connectivity index (χ1n) is 3.64. The Kier molecular flexibility index (Phi) is 3.38. The van der Waals surface area contributed by atoms with E-state index in [1.54, 1.807) is 12.3 Å². The van der Waals surface area contributed by atoms with Gasteiger partial charge in [0.2, 0.25) is 0 Å². The summed E-state index contributed by atoms with van der Waals surface area (Å²) in [7, 11) is 0. The molecule has 2 heteroatoms. The van der Waals surface area contributed by atoms with Crippen molar-refractivity contribution in [2.75, 3.05) is 6.26 Å². The van der Waals surface area contributed by atoms with Gasteiger partial charge < -0.3 is 4.55 Å². The minimum atomic E-state index is -0.921. The van der Waals surface area contributed by atoms with Gasteiger partial charge in [-0.05, 0) is 30.2 Å². The largest absolute Gasteiger partial charge is 0.612 e. The normalized spacial score (nSPS) is 13.6. The minimum absolute atomic E-state index is 0.859. The third kappa shape index (κ3) is 2.13. The molecular weight excluding hydrogens is 168 g/mol. The van der Waals surface area contributed by atoms with Gasteiger partial charge in [0, 0.05) is 5.56 Å². The van der Waals surface area contributed by atoms with E-state index in [-0.39, 0.29) is 0 Å². The maximum absolute atomic E-state index is 11.2. The van der Waals surface area contributed by atoms with Crippen molar-refractivity contribution in [3.05, 3.63) is 42.8 Å². The van der Waals surface area contributed by atoms with E-state index in [2.05, 4.69) is 6.92 Å². The van der Waals surface area contributed by atoms with Gasteiger partial charge in [0.15, 0.2) is 4.90 Å². The Labute approximate surface area is 76.3 Å². The monoisotopic (exact) mass is 179 g/mol. The fraction of sp³-hybridized carbons (Fsp3) is 0.100. The molecule has 0 fully saturated rings. The van der Waals surface area contributed by atoms with Crippen molar-refractivity contribution in [1.29, 1.82) is 0 Å². The molecule has 1 nitrogen and oxygen atoms in total. The summed E-state index contributed by atoms with van der Waals surface area (Å²) in [5.41, 5.74) is 0.980. The molecule has 0 saturated heterocycles. The van der Waals surface area contributed by atoms with Crippen LogP contribution < -0.4 is 0 Å². The second-order valence-corrected chi connectivity index (χ2v) is 3.74. The Morgan fingerprint density at radius 2 is 2.08 bits per heavy atom. The van der Waals surface area contributed by atoms with E-state index in [4.69, 9.17) is 0 Å². The molecular formula is C10H11OS. The molecule has 1 aromatic carbocycles. The number of hydrogen-bond donors (Lipinski definition) is 0. The topological polar surface area (TPSA) is 23.1 Å². The van der Waals surface area contributed by atoms with Gasteiger partial charge >= 0.3 is 0 Å². The highest BCUT2D eigenvalue weighted by Crippen LogP contribution is 2.16. The first kappa shape index (κ1) is 9.36. The van der Waals surface area contributed by atoms with Gasteiger partial charge in [0.25, 0.3) is 0 Å². The lowest BCUT2D eigenvalue weighted by molar-refractivity contribution is 0.600. The summed E-state index contributed by atoms with van der Waals surface area (Å²) < 4.78 is 11.2. The molecule has 0 N–H and O–H groups in total. The average molecular weight is 179 g/mol. The highest BCUT2D eigenvalue weighted by atomic mass is 32.2. The van der Waals surface area contributed by atoms with Crippen LogP contribution in [0.3, 0.4) is 0 Å². The molecule has 12 heavy (non-hydrogen) atoms. The molecule has 0 bridgehead atoms. The Balaban J connectivity index is 3.08. The van der Waals surface area contributed by atoms with Gasteiger partial charge in [-0.3, -0.25) is 0 Å². The van der Waals surface area contributed by atoms with E-state index in [1.807, 2.05) is 30.3 Å². The van der Waals surface area contributed by atoms with Crippen LogP contribution in [0.15, 0.2) is 35.2 Å². The second-order valence-electron chi connectivity index (χ2n) is 2.39. The predicted octanol–water partition coefficient (Wildman–Crippen LogP) is 2.27. The zero-order valence-corrected chi connectivity index (χ0v) is 7.80. The minimum Gasteiger partial charge on any atom is -0.612 e. The van der Waals surface area contributed by atoms with Crippen LogP contribution in [0.2, 0.25) is 0 Å². The maximum atomic E-state index is 11.2. The van der Waals surface area contributed by atoms with Gasteiger partial charge in [-0.1, -0.05) is 24.3 Å². The Bertz CT molecular complexity index is 279. The zero-order valence-electron chi connectivity index (χ0n) is 6.99. The Morgan fingerprint density at radius 3 is 2.67 bits per heavy atom. The van der Waals surface area contributed by atoms with Crippen LogP contribution in [0.5, 0.6) is 0 Å². The van der Waals surface area contributed by atoms with E-state index in [9.17, 15) is 4.55 Å². The summed E-state index contributed by atoms with van der Waals surface area (Å²) in [6, 6.07) is 7.60. The van der Waals surface area contributed by atoms with Crippen LogP contribution in [0.4, 0.5) is 0 Å². The van der Waals surface area contributed by atoms with Crippen molar-refractivity contribution in [3.8, 4) is 0 Å². The van der Waals surface area contributed by atoms with E-state index < -0.39 is 11.2 Å². The third-order valence-electron chi connectivity index (χ3n) is 1.53. The molecule has 0 aliphatic carbocycles. The Morgan fingerprint density at radius 1 is 1.42 bits per heavy atom. The number of benzene rings is 1. The third-order valence-corrected chi connectivity index (χ3v) is 2.52. The lowest BCUT2D eigenvalue weighted by Gasteiger charge is -2.06. The van der Waals surface area contributed by atoms with Crippen LogP contribution in [-0.2, 0) is 11.2 Å². The molecule has 0 spiro atoms. The fourth-order valence-electron chi connectivity index (χ4n) is 1.01. The summed E-state index contributed by atoms with van der Waals surface area (Å²) in [4.78, 5) is 0.859. The van der Waals surface area contributed by atoms with Crippen molar-refractivity contribution in [1.82, 2.24) is 0 Å². The molecule has 0 amide bonds. The maximum Gasteiger partial charge on any atom is 0.159 e. The molecule has 0 saturated carbocycles. The quantitative estimate of drug-likeness (QED) is 0.639. The number of allylic oxidation sites excluding steroid dienone is 1. The second kappa shape index (κ2) is 4.33. The SMILES string of the molecule is [CH2]C=Cc1ccccc1[S+](C)[O-]. The average Bonchev–Trinajstić information content (AvgIpc) is 2.05. The molecule has 1 radical (unpaired) electrons. The smallest absolute Gasteiger partial charge is 0.159 e. The van der Waals surface area contributed by atoms with Crippen LogP contribution in [-0.4, -0.2) is 10.8 Å². The zero-order chi connectivity index (χ0) is 8.97. The summed E-state index contributed by atoms with van der Waals surface area (Å²) >= 11 is -0.921. The molecule has 0 aromatic heterocycles. The molecule has 63 valence electrons. The molecule has 1 unspecified atom stereocenters. The predicted molar refractivity (Wildman–Crippen MR) is 53.2 cm³/mol. The van der Waals surface area contributed by atoms with Crippen molar-refractivity contribution < 1.29 is 4.55 Å². The van der Waals surface area contributed by atoms with E-state index in [1.165, 1.54) is 0 Å². The van der Waals surface area contributed by atoms with E-state index in [0.29, 0.717) is 0 Å². The summed E-state index contributed by atoms with van der Waals surface area (Å²) in [6.45, 7) is 3.60. The lowest BCUT2D eigenvalue weighted by Crippen LogP contribution is -1.99. The highest BCUT2D eigenvalue weighted by Gasteiger charge is 2.06. The standard InChI is InChI=1S/C10H11OS/c1-3-6-9-7-4-5-8-10(9)12(2)11/h3-8H,1H2,2H3. The van der Waals surface area contributed by atoms with E-state index in [0.717, 1.165) is 10.5 Å². The lowest BCUT2D eigenvalue weighted by atomic mass is 10.2. The van der Waals surface area contributed by atoms with Crippen LogP contribution in [0.25, 0.3) is 6.08 Å².